The summed E-state index contributed by atoms with van der Waals surface area (Å²) in [6.45, 7) is 1.98. The van der Waals surface area contributed by atoms with Crippen molar-refractivity contribution in [1.82, 2.24) is 19.9 Å². The zero-order chi connectivity index (χ0) is 14.7. The molecule has 2 heterocycles. The van der Waals surface area contributed by atoms with E-state index in [1.165, 1.54) is 11.8 Å². The van der Waals surface area contributed by atoms with Gasteiger partial charge in [0.25, 0.3) is 0 Å². The largest absolute Gasteiger partial charge is 0.368 e. The van der Waals surface area contributed by atoms with Crippen LogP contribution in [0.2, 0.25) is 5.02 Å². The number of thioether (sulfide) groups is 1. The second-order valence-corrected chi connectivity index (χ2v) is 6.03. The van der Waals surface area contributed by atoms with Gasteiger partial charge < -0.3 is 10.6 Å². The molecule has 20 heavy (non-hydrogen) atoms. The number of anilines is 2. The number of aromatic nitrogens is 4. The van der Waals surface area contributed by atoms with Gasteiger partial charge in [0.2, 0.25) is 11.9 Å². The van der Waals surface area contributed by atoms with Crippen molar-refractivity contribution >= 4 is 35.3 Å². The molecule has 2 N–H and O–H groups in total. The molecule has 0 aliphatic rings. The maximum Gasteiger partial charge on any atom is 0.229 e. The molecule has 2 rings (SSSR count). The average molecular weight is 311 g/mol. The van der Waals surface area contributed by atoms with Crippen LogP contribution in [0.25, 0.3) is 0 Å². The van der Waals surface area contributed by atoms with Gasteiger partial charge in [-0.3, -0.25) is 0 Å². The van der Waals surface area contributed by atoms with Crippen LogP contribution in [0.4, 0.5) is 11.9 Å². The standard InChI is InChI=1S/C12H15ClN6S/c1-7(20-10-8(13)5-4-6-15-10)9-16-11(14)18-12(17-9)19(2)3/h4-7H,1-3H3,(H2,14,16,17,18). The van der Waals surface area contributed by atoms with E-state index in [1.54, 1.807) is 23.2 Å². The second kappa shape index (κ2) is 6.23. The fraction of sp³-hybridized carbons (Fsp3) is 0.333. The summed E-state index contributed by atoms with van der Waals surface area (Å²) in [6, 6.07) is 3.60. The Morgan fingerprint density at radius 2 is 2.05 bits per heavy atom. The van der Waals surface area contributed by atoms with Gasteiger partial charge in [-0.2, -0.15) is 15.0 Å². The molecule has 0 saturated carbocycles. The van der Waals surface area contributed by atoms with Crippen LogP contribution in [0, 0.1) is 0 Å². The topological polar surface area (TPSA) is 80.8 Å². The highest BCUT2D eigenvalue weighted by molar-refractivity contribution is 7.99. The van der Waals surface area contributed by atoms with E-state index in [2.05, 4.69) is 19.9 Å². The maximum atomic E-state index is 6.10. The molecule has 0 aliphatic heterocycles. The van der Waals surface area contributed by atoms with E-state index in [-0.39, 0.29) is 11.2 Å². The van der Waals surface area contributed by atoms with E-state index < -0.39 is 0 Å². The monoisotopic (exact) mass is 310 g/mol. The van der Waals surface area contributed by atoms with Crippen LogP contribution in [0.5, 0.6) is 0 Å². The zero-order valence-electron chi connectivity index (χ0n) is 11.4. The van der Waals surface area contributed by atoms with E-state index >= 15 is 0 Å². The summed E-state index contributed by atoms with van der Waals surface area (Å²) in [5.41, 5.74) is 5.72. The van der Waals surface area contributed by atoms with Crippen LogP contribution in [0.3, 0.4) is 0 Å². The van der Waals surface area contributed by atoms with E-state index in [0.29, 0.717) is 16.8 Å². The van der Waals surface area contributed by atoms with Crippen molar-refractivity contribution in [3.63, 3.8) is 0 Å². The lowest BCUT2D eigenvalue weighted by molar-refractivity contribution is 0.863. The van der Waals surface area contributed by atoms with Crippen LogP contribution in [0.15, 0.2) is 23.4 Å². The molecule has 0 saturated heterocycles. The molecule has 106 valence electrons. The Morgan fingerprint density at radius 3 is 2.70 bits per heavy atom. The van der Waals surface area contributed by atoms with Crippen LogP contribution < -0.4 is 10.6 Å². The minimum Gasteiger partial charge on any atom is -0.368 e. The van der Waals surface area contributed by atoms with Crippen LogP contribution in [0.1, 0.15) is 18.0 Å². The Morgan fingerprint density at radius 1 is 1.30 bits per heavy atom. The number of rotatable bonds is 4. The summed E-state index contributed by atoms with van der Waals surface area (Å²) in [5, 5.41) is 1.32. The number of hydrogen-bond acceptors (Lipinski definition) is 7. The van der Waals surface area contributed by atoms with Gasteiger partial charge in [-0.15, -0.1) is 0 Å². The van der Waals surface area contributed by atoms with Crippen molar-refractivity contribution in [2.45, 2.75) is 17.2 Å². The van der Waals surface area contributed by atoms with Gasteiger partial charge in [-0.25, -0.2) is 4.98 Å². The summed E-state index contributed by atoms with van der Waals surface area (Å²) in [5.74, 6) is 1.35. The van der Waals surface area contributed by atoms with Crippen molar-refractivity contribution in [3.8, 4) is 0 Å². The highest BCUT2D eigenvalue weighted by atomic mass is 35.5. The Hall–Kier alpha value is -1.60. The average Bonchev–Trinajstić information content (AvgIpc) is 2.40. The van der Waals surface area contributed by atoms with Gasteiger partial charge in [-0.05, 0) is 19.1 Å². The number of pyridine rings is 1. The molecule has 6 nitrogen and oxygen atoms in total. The molecule has 0 bridgehead atoms. The molecular weight excluding hydrogens is 296 g/mol. The molecule has 0 aliphatic carbocycles. The smallest absolute Gasteiger partial charge is 0.229 e. The first-order valence-electron chi connectivity index (χ1n) is 5.93. The molecule has 1 atom stereocenters. The third-order valence-corrected chi connectivity index (χ3v) is 3.96. The lowest BCUT2D eigenvalue weighted by atomic mass is 10.4. The van der Waals surface area contributed by atoms with Crippen LogP contribution in [-0.4, -0.2) is 34.0 Å². The number of hydrogen-bond donors (Lipinski definition) is 1. The van der Waals surface area contributed by atoms with E-state index in [1.807, 2.05) is 21.0 Å². The highest BCUT2D eigenvalue weighted by Crippen LogP contribution is 2.35. The highest BCUT2D eigenvalue weighted by Gasteiger charge is 2.16. The fourth-order valence-corrected chi connectivity index (χ4v) is 2.56. The third-order valence-electron chi connectivity index (χ3n) is 2.43. The van der Waals surface area contributed by atoms with E-state index in [9.17, 15) is 0 Å². The Bertz CT molecular complexity index is 606. The normalized spacial score (nSPS) is 12.2. The van der Waals surface area contributed by atoms with Gasteiger partial charge >= 0.3 is 0 Å². The van der Waals surface area contributed by atoms with Crippen LogP contribution >= 0.6 is 23.4 Å². The lowest BCUT2D eigenvalue weighted by Crippen LogP contribution is -2.16. The van der Waals surface area contributed by atoms with Gasteiger partial charge in [0, 0.05) is 20.3 Å². The van der Waals surface area contributed by atoms with Crippen LogP contribution in [-0.2, 0) is 0 Å². The lowest BCUT2D eigenvalue weighted by Gasteiger charge is -2.14. The van der Waals surface area contributed by atoms with Gasteiger partial charge in [0.05, 0.1) is 10.3 Å². The molecule has 0 fully saturated rings. The van der Waals surface area contributed by atoms with Crippen molar-refractivity contribution < 1.29 is 0 Å². The Labute approximate surface area is 126 Å². The van der Waals surface area contributed by atoms with Crippen molar-refractivity contribution in [1.29, 1.82) is 0 Å². The molecule has 0 radical (unpaired) electrons. The number of nitrogens with zero attached hydrogens (tertiary/aromatic N) is 5. The molecular formula is C12H15ClN6S. The Balaban J connectivity index is 2.25. The van der Waals surface area contributed by atoms with Gasteiger partial charge in [0.15, 0.2) is 0 Å². The molecule has 8 heteroatoms. The quantitative estimate of drug-likeness (QED) is 0.868. The van der Waals surface area contributed by atoms with Crippen molar-refractivity contribution in [2.75, 3.05) is 24.7 Å². The second-order valence-electron chi connectivity index (χ2n) is 4.30. The molecule has 2 aromatic rings. The van der Waals surface area contributed by atoms with E-state index in [0.717, 1.165) is 5.03 Å². The third kappa shape index (κ3) is 3.49. The molecule has 0 aromatic carbocycles. The zero-order valence-corrected chi connectivity index (χ0v) is 13.0. The first-order chi connectivity index (χ1) is 9.47. The number of nitrogen functional groups attached to an aromatic ring is 1. The SMILES string of the molecule is CC(Sc1ncccc1Cl)c1nc(N)nc(N(C)C)n1. The number of halogens is 1. The first-order valence-corrected chi connectivity index (χ1v) is 7.19. The predicted octanol–water partition coefficient (Wildman–Crippen LogP) is 2.42. The first kappa shape index (κ1) is 14.8. The summed E-state index contributed by atoms with van der Waals surface area (Å²) in [4.78, 5) is 18.7. The van der Waals surface area contributed by atoms with Crippen molar-refractivity contribution in [2.24, 2.45) is 0 Å². The predicted molar refractivity (Wildman–Crippen MR) is 82.1 cm³/mol. The van der Waals surface area contributed by atoms with Crippen molar-refractivity contribution in [3.05, 3.63) is 29.2 Å². The summed E-state index contributed by atoms with van der Waals surface area (Å²) in [7, 11) is 3.71. The van der Waals surface area contributed by atoms with Gasteiger partial charge in [0.1, 0.15) is 10.9 Å². The Kier molecular flexibility index (Phi) is 4.61. The molecule has 0 amide bonds. The number of nitrogens with two attached hydrogens (primary N) is 1. The minimum absolute atomic E-state index is 0.0357. The fourth-order valence-electron chi connectivity index (χ4n) is 1.46. The summed E-state index contributed by atoms with van der Waals surface area (Å²) >= 11 is 7.58. The maximum absolute atomic E-state index is 6.10. The van der Waals surface area contributed by atoms with E-state index in [4.69, 9.17) is 17.3 Å². The molecule has 1 unspecified atom stereocenters. The summed E-state index contributed by atoms with van der Waals surface area (Å²) < 4.78 is 0. The molecule has 2 aromatic heterocycles. The molecule has 0 spiro atoms. The van der Waals surface area contributed by atoms with Gasteiger partial charge in [-0.1, -0.05) is 23.4 Å². The minimum atomic E-state index is -0.0357. The summed E-state index contributed by atoms with van der Waals surface area (Å²) in [6.07, 6.45) is 1.70.